The third-order valence-corrected chi connectivity index (χ3v) is 3.74. The molecule has 1 aromatic carbocycles. The summed E-state index contributed by atoms with van der Waals surface area (Å²) in [5.41, 5.74) is 1.88. The number of hydrogen-bond donors (Lipinski definition) is 2. The second-order valence-corrected chi connectivity index (χ2v) is 5.39. The van der Waals surface area contributed by atoms with Gasteiger partial charge in [0.05, 0.1) is 0 Å². The molecule has 2 heterocycles. The van der Waals surface area contributed by atoms with Crippen LogP contribution in [-0.2, 0) is 6.54 Å². The SMILES string of the molecule is O=C(Nc1ccccn1)c1ccc(CN2CCNCC2)cc1. The number of rotatable bonds is 4. The summed E-state index contributed by atoms with van der Waals surface area (Å²) in [5, 5.41) is 6.14. The van der Waals surface area contributed by atoms with Crippen molar-refractivity contribution in [2.75, 3.05) is 31.5 Å². The van der Waals surface area contributed by atoms with Crippen LogP contribution in [0, 0.1) is 0 Å². The molecule has 1 aromatic heterocycles. The molecule has 1 amide bonds. The van der Waals surface area contributed by atoms with Gasteiger partial charge in [-0.05, 0) is 29.8 Å². The highest BCUT2D eigenvalue weighted by Gasteiger charge is 2.11. The number of nitrogens with one attached hydrogen (secondary N) is 2. The van der Waals surface area contributed by atoms with Gasteiger partial charge in [0.15, 0.2) is 0 Å². The van der Waals surface area contributed by atoms with Gasteiger partial charge in [-0.2, -0.15) is 0 Å². The van der Waals surface area contributed by atoms with Gasteiger partial charge in [-0.1, -0.05) is 18.2 Å². The Hall–Kier alpha value is -2.24. The summed E-state index contributed by atoms with van der Waals surface area (Å²) < 4.78 is 0. The van der Waals surface area contributed by atoms with Crippen LogP contribution in [0.2, 0.25) is 0 Å². The molecule has 5 heteroatoms. The molecule has 5 nitrogen and oxygen atoms in total. The van der Waals surface area contributed by atoms with Gasteiger partial charge in [-0.3, -0.25) is 9.69 Å². The number of pyridine rings is 1. The molecular weight excluding hydrogens is 276 g/mol. The van der Waals surface area contributed by atoms with Crippen LogP contribution >= 0.6 is 0 Å². The predicted octanol–water partition coefficient (Wildman–Crippen LogP) is 1.74. The summed E-state index contributed by atoms with van der Waals surface area (Å²) in [5.74, 6) is 0.435. The second-order valence-electron chi connectivity index (χ2n) is 5.39. The van der Waals surface area contributed by atoms with E-state index in [1.807, 2.05) is 36.4 Å². The molecule has 1 fully saturated rings. The van der Waals surface area contributed by atoms with E-state index in [1.165, 1.54) is 5.56 Å². The summed E-state index contributed by atoms with van der Waals surface area (Å²) in [6.07, 6.45) is 1.66. The van der Waals surface area contributed by atoms with E-state index in [0.29, 0.717) is 11.4 Å². The molecule has 0 unspecified atom stereocenters. The van der Waals surface area contributed by atoms with Crippen LogP contribution in [0.4, 0.5) is 5.82 Å². The van der Waals surface area contributed by atoms with Gasteiger partial charge >= 0.3 is 0 Å². The number of aromatic nitrogens is 1. The maximum atomic E-state index is 12.1. The van der Waals surface area contributed by atoms with Crippen molar-refractivity contribution in [1.29, 1.82) is 0 Å². The average Bonchev–Trinajstić information content (AvgIpc) is 2.57. The molecule has 0 spiro atoms. The van der Waals surface area contributed by atoms with Gasteiger partial charge in [0, 0.05) is 44.5 Å². The molecule has 0 bridgehead atoms. The largest absolute Gasteiger partial charge is 0.314 e. The lowest BCUT2D eigenvalue weighted by Crippen LogP contribution is -2.42. The molecule has 3 rings (SSSR count). The Morgan fingerprint density at radius 2 is 1.91 bits per heavy atom. The van der Waals surface area contributed by atoms with Crippen molar-refractivity contribution >= 4 is 11.7 Å². The summed E-state index contributed by atoms with van der Waals surface area (Å²) in [6, 6.07) is 13.2. The number of carbonyl (C=O) groups is 1. The van der Waals surface area contributed by atoms with E-state index in [9.17, 15) is 4.79 Å². The first-order valence-electron chi connectivity index (χ1n) is 7.56. The minimum absolute atomic E-state index is 0.132. The Balaban J connectivity index is 1.59. The molecule has 0 saturated carbocycles. The first-order valence-corrected chi connectivity index (χ1v) is 7.56. The van der Waals surface area contributed by atoms with Crippen LogP contribution in [0.3, 0.4) is 0 Å². The van der Waals surface area contributed by atoms with Crippen molar-refractivity contribution < 1.29 is 4.79 Å². The summed E-state index contributed by atoms with van der Waals surface area (Å²) in [7, 11) is 0. The molecule has 114 valence electrons. The quantitative estimate of drug-likeness (QED) is 0.902. The van der Waals surface area contributed by atoms with E-state index in [1.54, 1.807) is 12.3 Å². The molecule has 1 saturated heterocycles. The van der Waals surface area contributed by atoms with Gasteiger partial charge in [-0.25, -0.2) is 4.98 Å². The van der Waals surface area contributed by atoms with E-state index < -0.39 is 0 Å². The molecule has 22 heavy (non-hydrogen) atoms. The summed E-state index contributed by atoms with van der Waals surface area (Å²) in [6.45, 7) is 5.17. The number of carbonyl (C=O) groups excluding carboxylic acids is 1. The third-order valence-electron chi connectivity index (χ3n) is 3.74. The minimum Gasteiger partial charge on any atom is -0.314 e. The second kappa shape index (κ2) is 7.15. The topological polar surface area (TPSA) is 57.3 Å². The highest BCUT2D eigenvalue weighted by atomic mass is 16.1. The highest BCUT2D eigenvalue weighted by Crippen LogP contribution is 2.10. The van der Waals surface area contributed by atoms with Gasteiger partial charge < -0.3 is 10.6 Å². The molecule has 0 atom stereocenters. The molecule has 2 aromatic rings. The normalized spacial score (nSPS) is 15.5. The zero-order chi connectivity index (χ0) is 15.2. The van der Waals surface area contributed by atoms with Crippen molar-refractivity contribution in [2.45, 2.75) is 6.54 Å². The Labute approximate surface area is 130 Å². The van der Waals surface area contributed by atoms with Crippen molar-refractivity contribution in [3.8, 4) is 0 Å². The molecule has 0 aliphatic carbocycles. The maximum Gasteiger partial charge on any atom is 0.256 e. The average molecular weight is 296 g/mol. The summed E-state index contributed by atoms with van der Waals surface area (Å²) >= 11 is 0. The minimum atomic E-state index is -0.132. The fourth-order valence-electron chi connectivity index (χ4n) is 2.51. The third kappa shape index (κ3) is 3.90. The molecule has 1 aliphatic rings. The van der Waals surface area contributed by atoms with E-state index in [-0.39, 0.29) is 5.91 Å². The van der Waals surface area contributed by atoms with Crippen LogP contribution in [0.25, 0.3) is 0 Å². The standard InChI is InChI=1S/C17H20N4O/c22-17(20-16-3-1-2-8-19-16)15-6-4-14(5-7-15)13-21-11-9-18-10-12-21/h1-8,18H,9-13H2,(H,19,20,22). The van der Waals surface area contributed by atoms with E-state index in [0.717, 1.165) is 32.7 Å². The number of hydrogen-bond acceptors (Lipinski definition) is 4. The van der Waals surface area contributed by atoms with Gasteiger partial charge in [-0.15, -0.1) is 0 Å². The Bertz CT molecular complexity index is 606. The zero-order valence-electron chi connectivity index (χ0n) is 12.5. The summed E-state index contributed by atoms with van der Waals surface area (Å²) in [4.78, 5) is 18.7. The number of amides is 1. The molecule has 2 N–H and O–H groups in total. The smallest absolute Gasteiger partial charge is 0.256 e. The van der Waals surface area contributed by atoms with E-state index in [4.69, 9.17) is 0 Å². The van der Waals surface area contributed by atoms with E-state index >= 15 is 0 Å². The Kier molecular flexibility index (Phi) is 4.78. The van der Waals surface area contributed by atoms with Crippen molar-refractivity contribution in [2.24, 2.45) is 0 Å². The van der Waals surface area contributed by atoms with Gasteiger partial charge in [0.2, 0.25) is 0 Å². The molecule has 0 radical (unpaired) electrons. The lowest BCUT2D eigenvalue weighted by Gasteiger charge is -2.27. The van der Waals surface area contributed by atoms with Crippen LogP contribution in [0.5, 0.6) is 0 Å². The van der Waals surface area contributed by atoms with Crippen LogP contribution in [-0.4, -0.2) is 42.0 Å². The van der Waals surface area contributed by atoms with Crippen LogP contribution in [0.15, 0.2) is 48.7 Å². The Morgan fingerprint density at radius 1 is 1.14 bits per heavy atom. The lowest BCUT2D eigenvalue weighted by atomic mass is 10.1. The van der Waals surface area contributed by atoms with Gasteiger partial charge in [0.1, 0.15) is 5.82 Å². The van der Waals surface area contributed by atoms with Crippen LogP contribution < -0.4 is 10.6 Å². The van der Waals surface area contributed by atoms with Crippen molar-refractivity contribution in [1.82, 2.24) is 15.2 Å². The van der Waals surface area contributed by atoms with E-state index in [2.05, 4.69) is 20.5 Å². The number of anilines is 1. The number of nitrogens with zero attached hydrogens (tertiary/aromatic N) is 2. The number of benzene rings is 1. The van der Waals surface area contributed by atoms with Crippen molar-refractivity contribution in [3.63, 3.8) is 0 Å². The van der Waals surface area contributed by atoms with Crippen molar-refractivity contribution in [3.05, 3.63) is 59.8 Å². The first kappa shape index (κ1) is 14.7. The Morgan fingerprint density at radius 3 is 2.59 bits per heavy atom. The zero-order valence-corrected chi connectivity index (χ0v) is 12.5. The van der Waals surface area contributed by atoms with Gasteiger partial charge in [0.25, 0.3) is 5.91 Å². The highest BCUT2D eigenvalue weighted by molar-refractivity contribution is 6.03. The number of piperazine rings is 1. The molecule has 1 aliphatic heterocycles. The monoisotopic (exact) mass is 296 g/mol. The lowest BCUT2D eigenvalue weighted by molar-refractivity contribution is 0.102. The maximum absolute atomic E-state index is 12.1. The predicted molar refractivity (Wildman–Crippen MR) is 86.8 cm³/mol. The molecular formula is C17H20N4O. The first-order chi connectivity index (χ1) is 10.8. The fourth-order valence-corrected chi connectivity index (χ4v) is 2.51. The van der Waals surface area contributed by atoms with Crippen LogP contribution in [0.1, 0.15) is 15.9 Å². The fraction of sp³-hybridized carbons (Fsp3) is 0.294.